The molecule has 0 unspecified atom stereocenters. The standard InChI is InChI=1S/C18H23N3O2S.C14H17NO3/c1-5-12(4)20-18-19-10-16(24-18)17(23)21-14-9-13(15(22)6-2)8-7-11(14)3;1-4-13(16)11-6-5-10(2)12(9-11)15-14(17)7-8-18-3/h7-10,12H,5-6H2,1-4H3,(H,19,20)(H,21,23);5-9H,4H2,1-3H3,(H,15,17)/b;8-7+/t12-;/m1./s1. The maximum atomic E-state index is 12.4. The van der Waals surface area contributed by atoms with E-state index < -0.39 is 0 Å². The second kappa shape index (κ2) is 16.8. The summed E-state index contributed by atoms with van der Waals surface area (Å²) >= 11 is 1.32. The first-order valence-corrected chi connectivity index (χ1v) is 14.7. The molecule has 3 N–H and O–H groups in total. The van der Waals surface area contributed by atoms with E-state index in [4.69, 9.17) is 0 Å². The molecule has 0 spiro atoms. The van der Waals surface area contributed by atoms with Crippen molar-refractivity contribution < 1.29 is 23.9 Å². The Morgan fingerprint density at radius 1 is 0.905 bits per heavy atom. The molecular weight excluding hydrogens is 552 g/mol. The van der Waals surface area contributed by atoms with Crippen molar-refractivity contribution in [3.05, 3.63) is 82.1 Å². The summed E-state index contributed by atoms with van der Waals surface area (Å²) in [5.41, 5.74) is 4.33. The SMILES string of the molecule is CCC(=O)c1ccc(C)c(NC(=O)/C=C/OC)c1.CCC(=O)c1ccc(C)c(NC(=O)c2cnc(N[C@H](C)CC)s2)c1. The van der Waals surface area contributed by atoms with E-state index in [2.05, 4.69) is 39.5 Å². The minimum Gasteiger partial charge on any atom is -0.504 e. The van der Waals surface area contributed by atoms with Crippen LogP contribution < -0.4 is 16.0 Å². The molecule has 0 aliphatic rings. The molecule has 2 amide bonds. The number of Topliss-reactive ketones (excluding diaryl/α,β-unsaturated/α-hetero) is 2. The van der Waals surface area contributed by atoms with Crippen LogP contribution in [0, 0.1) is 13.8 Å². The molecule has 3 rings (SSSR count). The predicted octanol–water partition coefficient (Wildman–Crippen LogP) is 7.19. The van der Waals surface area contributed by atoms with Gasteiger partial charge in [0.05, 0.1) is 19.6 Å². The van der Waals surface area contributed by atoms with Gasteiger partial charge in [0, 0.05) is 47.5 Å². The van der Waals surface area contributed by atoms with Gasteiger partial charge in [0.1, 0.15) is 4.88 Å². The maximum Gasteiger partial charge on any atom is 0.267 e. The Hall–Kier alpha value is -4.31. The number of ether oxygens (including phenoxy) is 1. The van der Waals surface area contributed by atoms with E-state index >= 15 is 0 Å². The lowest BCUT2D eigenvalue weighted by molar-refractivity contribution is -0.112. The van der Waals surface area contributed by atoms with E-state index in [1.165, 1.54) is 30.8 Å². The maximum absolute atomic E-state index is 12.4. The fourth-order valence-corrected chi connectivity index (χ4v) is 4.34. The molecule has 1 atom stereocenters. The second-order valence-corrected chi connectivity index (χ2v) is 10.6. The first-order valence-electron chi connectivity index (χ1n) is 13.8. The Labute approximate surface area is 251 Å². The van der Waals surface area contributed by atoms with Crippen LogP contribution in [0.25, 0.3) is 0 Å². The normalized spacial score (nSPS) is 11.2. The zero-order valence-corrected chi connectivity index (χ0v) is 26.1. The number of hydrogen-bond donors (Lipinski definition) is 3. The second-order valence-electron chi connectivity index (χ2n) is 9.58. The van der Waals surface area contributed by atoms with E-state index in [1.54, 1.807) is 30.5 Å². The Morgan fingerprint density at radius 2 is 1.45 bits per heavy atom. The number of methoxy groups -OCH3 is 1. The quantitative estimate of drug-likeness (QED) is 0.115. The van der Waals surface area contributed by atoms with Crippen LogP contribution in [0.2, 0.25) is 0 Å². The van der Waals surface area contributed by atoms with Gasteiger partial charge in [-0.1, -0.05) is 56.4 Å². The number of benzene rings is 2. The Bertz CT molecular complexity index is 1430. The van der Waals surface area contributed by atoms with Crippen molar-refractivity contribution in [2.45, 2.75) is 66.8 Å². The molecular formula is C32H40N4O5S. The predicted molar refractivity (Wildman–Crippen MR) is 170 cm³/mol. The molecule has 0 fully saturated rings. The van der Waals surface area contributed by atoms with Crippen LogP contribution in [-0.2, 0) is 9.53 Å². The van der Waals surface area contributed by atoms with Crippen molar-refractivity contribution in [1.82, 2.24) is 4.98 Å². The summed E-state index contributed by atoms with van der Waals surface area (Å²) in [6, 6.07) is 11.0. The molecule has 0 radical (unpaired) electrons. The van der Waals surface area contributed by atoms with Crippen LogP contribution in [0.4, 0.5) is 16.5 Å². The fraction of sp³-hybridized carbons (Fsp3) is 0.344. The number of carbonyl (C=O) groups excluding carboxylic acids is 4. The van der Waals surface area contributed by atoms with Gasteiger partial charge in [-0.15, -0.1) is 0 Å². The monoisotopic (exact) mass is 592 g/mol. The first kappa shape index (κ1) is 33.9. The van der Waals surface area contributed by atoms with Gasteiger partial charge < -0.3 is 20.7 Å². The number of nitrogens with zero attached hydrogens (tertiary/aromatic N) is 1. The highest BCUT2D eigenvalue weighted by Gasteiger charge is 2.14. The van der Waals surface area contributed by atoms with E-state index in [9.17, 15) is 19.2 Å². The van der Waals surface area contributed by atoms with Gasteiger partial charge in [-0.3, -0.25) is 19.2 Å². The highest BCUT2D eigenvalue weighted by molar-refractivity contribution is 7.17. The zero-order valence-electron chi connectivity index (χ0n) is 25.3. The Morgan fingerprint density at radius 3 is 1.95 bits per heavy atom. The molecule has 9 nitrogen and oxygen atoms in total. The number of rotatable bonds is 12. The summed E-state index contributed by atoms with van der Waals surface area (Å²) in [7, 11) is 1.47. The van der Waals surface area contributed by atoms with Gasteiger partial charge in [0.25, 0.3) is 11.8 Å². The third-order valence-electron chi connectivity index (χ3n) is 6.33. The molecule has 3 aromatic rings. The number of anilines is 3. The number of aryl methyl sites for hydroxylation is 2. The Balaban J connectivity index is 0.000000307. The largest absolute Gasteiger partial charge is 0.504 e. The van der Waals surface area contributed by atoms with Crippen LogP contribution in [0.15, 0.2) is 54.9 Å². The minimum absolute atomic E-state index is 0.0536. The minimum atomic E-state index is -0.291. The summed E-state index contributed by atoms with van der Waals surface area (Å²) in [4.78, 5) is 52.1. The van der Waals surface area contributed by atoms with E-state index in [0.717, 1.165) is 22.7 Å². The number of thiazole rings is 1. The highest BCUT2D eigenvalue weighted by atomic mass is 32.1. The van der Waals surface area contributed by atoms with Crippen LogP contribution in [0.1, 0.15) is 88.5 Å². The molecule has 0 saturated carbocycles. The molecule has 0 aliphatic carbocycles. The van der Waals surface area contributed by atoms with E-state index in [1.807, 2.05) is 39.8 Å². The topological polar surface area (TPSA) is 126 Å². The van der Waals surface area contributed by atoms with Gasteiger partial charge in [0.15, 0.2) is 16.7 Å². The van der Waals surface area contributed by atoms with Crippen molar-refractivity contribution in [1.29, 1.82) is 0 Å². The summed E-state index contributed by atoms with van der Waals surface area (Å²) < 4.78 is 4.66. The van der Waals surface area contributed by atoms with Gasteiger partial charge in [-0.05, 0) is 50.5 Å². The molecule has 42 heavy (non-hydrogen) atoms. The van der Waals surface area contributed by atoms with Crippen LogP contribution in [-0.4, -0.2) is 41.5 Å². The lowest BCUT2D eigenvalue weighted by Crippen LogP contribution is -2.13. The number of hydrogen-bond acceptors (Lipinski definition) is 8. The molecule has 2 aromatic carbocycles. The highest BCUT2D eigenvalue weighted by Crippen LogP contribution is 2.23. The molecule has 224 valence electrons. The summed E-state index contributed by atoms with van der Waals surface area (Å²) in [6.07, 6.45) is 6.02. The Kier molecular flexibility index (Phi) is 13.6. The number of nitrogens with one attached hydrogen (secondary N) is 3. The molecule has 0 aliphatic heterocycles. The molecule has 1 heterocycles. The van der Waals surface area contributed by atoms with Crippen molar-refractivity contribution >= 4 is 51.2 Å². The smallest absolute Gasteiger partial charge is 0.267 e. The molecule has 0 saturated heterocycles. The number of amides is 2. The van der Waals surface area contributed by atoms with Crippen molar-refractivity contribution in [3.63, 3.8) is 0 Å². The number of carbonyl (C=O) groups is 4. The average Bonchev–Trinajstić information content (AvgIpc) is 3.46. The lowest BCUT2D eigenvalue weighted by atomic mass is 10.1. The van der Waals surface area contributed by atoms with Gasteiger partial charge in [-0.25, -0.2) is 4.98 Å². The molecule has 10 heteroatoms. The van der Waals surface area contributed by atoms with Gasteiger partial charge >= 0.3 is 0 Å². The summed E-state index contributed by atoms with van der Waals surface area (Å²) in [6.45, 7) is 11.6. The molecule has 0 bridgehead atoms. The van der Waals surface area contributed by atoms with Crippen molar-refractivity contribution in [2.75, 3.05) is 23.1 Å². The first-order chi connectivity index (χ1) is 20.0. The van der Waals surface area contributed by atoms with E-state index in [0.29, 0.717) is 46.3 Å². The van der Waals surface area contributed by atoms with E-state index in [-0.39, 0.29) is 23.4 Å². The number of aromatic nitrogens is 1. The van der Waals surface area contributed by atoms with Crippen molar-refractivity contribution in [3.8, 4) is 0 Å². The summed E-state index contributed by atoms with van der Waals surface area (Å²) in [5.74, 6) is -0.392. The van der Waals surface area contributed by atoms with Crippen LogP contribution >= 0.6 is 11.3 Å². The third kappa shape index (κ3) is 10.3. The van der Waals surface area contributed by atoms with Crippen LogP contribution in [0.3, 0.4) is 0 Å². The molecule has 1 aromatic heterocycles. The third-order valence-corrected chi connectivity index (χ3v) is 7.26. The van der Waals surface area contributed by atoms with Gasteiger partial charge in [-0.2, -0.15) is 0 Å². The summed E-state index contributed by atoms with van der Waals surface area (Å²) in [5, 5.41) is 9.58. The average molecular weight is 593 g/mol. The van der Waals surface area contributed by atoms with Gasteiger partial charge in [0.2, 0.25) is 0 Å². The lowest BCUT2D eigenvalue weighted by Gasteiger charge is -2.09. The fourth-order valence-electron chi connectivity index (χ4n) is 3.52. The van der Waals surface area contributed by atoms with Crippen LogP contribution in [0.5, 0.6) is 0 Å². The number of ketones is 2. The van der Waals surface area contributed by atoms with Crippen molar-refractivity contribution in [2.24, 2.45) is 0 Å². The zero-order chi connectivity index (χ0) is 31.2.